The number of benzene rings is 2. The van der Waals surface area contributed by atoms with E-state index in [1.165, 1.54) is 24.4 Å². The number of hydrogen-bond donors (Lipinski definition) is 0. The van der Waals surface area contributed by atoms with Gasteiger partial charge in [-0.2, -0.15) is 0 Å². The van der Waals surface area contributed by atoms with E-state index in [9.17, 15) is 13.2 Å². The predicted octanol–water partition coefficient (Wildman–Crippen LogP) is 2.93. The number of carbonyl (C=O) groups excluding carboxylic acids is 1. The van der Waals surface area contributed by atoms with Gasteiger partial charge in [-0.15, -0.1) is 0 Å². The number of carbonyl (C=O) groups is 1. The van der Waals surface area contributed by atoms with E-state index >= 15 is 0 Å². The Morgan fingerprint density at radius 1 is 1.08 bits per heavy atom. The number of Topliss-reactive ketones (excluding diaryl/α,β-unsaturated/α-hetero) is 1. The molecule has 0 amide bonds. The maximum Gasteiger partial charge on any atom is 0.264 e. The van der Waals surface area contributed by atoms with E-state index in [1.807, 2.05) is 18.2 Å². The summed E-state index contributed by atoms with van der Waals surface area (Å²) in [5, 5.41) is 0. The Balaban J connectivity index is 1.82. The number of ketones is 1. The minimum atomic E-state index is -3.71. The first-order valence-electron chi connectivity index (χ1n) is 8.58. The van der Waals surface area contributed by atoms with Crippen LogP contribution in [0.5, 0.6) is 0 Å². The number of sulfonamides is 1. The van der Waals surface area contributed by atoms with Crippen LogP contribution in [0, 0.1) is 0 Å². The number of likely N-dealkylation sites (N-methyl/N-ethyl adjacent to an activating group) is 1. The molecule has 0 spiro atoms. The lowest BCUT2D eigenvalue weighted by atomic mass is 9.98. The van der Waals surface area contributed by atoms with E-state index in [0.717, 1.165) is 29.3 Å². The van der Waals surface area contributed by atoms with Crippen molar-refractivity contribution >= 4 is 27.6 Å². The number of hydrogen-bond acceptors (Lipinski definition) is 4. The molecule has 2 aliphatic rings. The fourth-order valence-electron chi connectivity index (χ4n) is 3.65. The van der Waals surface area contributed by atoms with Gasteiger partial charge in [0, 0.05) is 31.9 Å². The first-order valence-corrected chi connectivity index (χ1v) is 10.0. The topological polar surface area (TPSA) is 57.7 Å². The van der Waals surface area contributed by atoms with Crippen molar-refractivity contribution in [2.45, 2.75) is 17.7 Å². The first kappa shape index (κ1) is 16.8. The Labute approximate surface area is 153 Å². The molecule has 0 saturated heterocycles. The van der Waals surface area contributed by atoms with Crippen molar-refractivity contribution in [3.63, 3.8) is 0 Å². The zero-order valence-corrected chi connectivity index (χ0v) is 15.6. The molecule has 0 atom stereocenters. The molecule has 4 rings (SSSR count). The van der Waals surface area contributed by atoms with Gasteiger partial charge < -0.3 is 4.90 Å². The normalized spacial score (nSPS) is 20.1. The molecule has 134 valence electrons. The van der Waals surface area contributed by atoms with Crippen molar-refractivity contribution in [2.24, 2.45) is 0 Å². The van der Waals surface area contributed by atoms with Crippen LogP contribution in [-0.2, 0) is 16.4 Å². The summed E-state index contributed by atoms with van der Waals surface area (Å²) in [5.41, 5.74) is 3.66. The first-order chi connectivity index (χ1) is 12.4. The van der Waals surface area contributed by atoms with Crippen LogP contribution in [0.25, 0.3) is 6.08 Å². The summed E-state index contributed by atoms with van der Waals surface area (Å²) in [6.07, 6.45) is 3.75. The molecular formula is C20H20N2O3S. The average molecular weight is 368 g/mol. The fourth-order valence-corrected chi connectivity index (χ4v) is 5.03. The lowest BCUT2D eigenvalue weighted by molar-refractivity contribution is 0.101. The summed E-state index contributed by atoms with van der Waals surface area (Å²) in [6.45, 7) is 1.03. The molecular weight excluding hydrogens is 348 g/mol. The third-order valence-electron chi connectivity index (χ3n) is 5.10. The van der Waals surface area contributed by atoms with Crippen LogP contribution in [0.4, 0.5) is 5.69 Å². The number of anilines is 1. The van der Waals surface area contributed by atoms with Crippen molar-refractivity contribution in [2.75, 3.05) is 25.5 Å². The average Bonchev–Trinajstić information content (AvgIpc) is 2.64. The van der Waals surface area contributed by atoms with Gasteiger partial charge >= 0.3 is 0 Å². The second-order valence-corrected chi connectivity index (χ2v) is 8.68. The molecule has 0 bridgehead atoms. The van der Waals surface area contributed by atoms with E-state index in [4.69, 9.17) is 0 Å². The van der Waals surface area contributed by atoms with Crippen LogP contribution in [0.15, 0.2) is 53.1 Å². The van der Waals surface area contributed by atoms with Crippen LogP contribution in [0.3, 0.4) is 0 Å². The van der Waals surface area contributed by atoms with Gasteiger partial charge in [0.15, 0.2) is 0 Å². The molecule has 2 aliphatic heterocycles. The van der Waals surface area contributed by atoms with Crippen LogP contribution in [0.1, 0.15) is 27.9 Å². The fraction of sp³-hybridized carbons (Fsp3) is 0.250. The molecule has 2 heterocycles. The van der Waals surface area contributed by atoms with Gasteiger partial charge in [0.05, 0.1) is 4.90 Å². The highest BCUT2D eigenvalue weighted by Crippen LogP contribution is 2.33. The Hall–Kier alpha value is -2.60. The zero-order valence-electron chi connectivity index (χ0n) is 14.8. The van der Waals surface area contributed by atoms with E-state index in [1.54, 1.807) is 24.3 Å². The zero-order chi connectivity index (χ0) is 18.5. The lowest BCUT2D eigenvalue weighted by Crippen LogP contribution is -2.36. The van der Waals surface area contributed by atoms with Crippen LogP contribution in [-0.4, -0.2) is 39.1 Å². The molecule has 0 aromatic heterocycles. The SMILES string of the molecule is CN1CCCc2cc(/C=C3\C(=O)c4ccccc4S(=O)(=O)N3C)ccc21. The third kappa shape index (κ3) is 2.52. The molecule has 5 nitrogen and oxygen atoms in total. The quantitative estimate of drug-likeness (QED) is 0.726. The lowest BCUT2D eigenvalue weighted by Gasteiger charge is -2.29. The molecule has 0 radical (unpaired) electrons. The maximum absolute atomic E-state index is 12.9. The van der Waals surface area contributed by atoms with Crippen molar-refractivity contribution in [3.8, 4) is 0 Å². The van der Waals surface area contributed by atoms with Gasteiger partial charge in [-0.25, -0.2) is 8.42 Å². The number of rotatable bonds is 1. The Morgan fingerprint density at radius 3 is 2.65 bits per heavy atom. The van der Waals surface area contributed by atoms with E-state index < -0.39 is 10.0 Å². The third-order valence-corrected chi connectivity index (χ3v) is 6.93. The molecule has 0 N–H and O–H groups in total. The van der Waals surface area contributed by atoms with Crippen molar-refractivity contribution < 1.29 is 13.2 Å². The molecule has 0 fully saturated rings. The minimum Gasteiger partial charge on any atom is -0.374 e. The minimum absolute atomic E-state index is 0.0664. The molecule has 6 heteroatoms. The highest BCUT2D eigenvalue weighted by atomic mass is 32.2. The summed E-state index contributed by atoms with van der Waals surface area (Å²) in [5.74, 6) is -0.271. The van der Waals surface area contributed by atoms with E-state index in [-0.39, 0.29) is 21.9 Å². The van der Waals surface area contributed by atoms with Gasteiger partial charge in [0.25, 0.3) is 10.0 Å². The molecule has 0 aliphatic carbocycles. The maximum atomic E-state index is 12.9. The van der Waals surface area contributed by atoms with E-state index in [2.05, 4.69) is 11.9 Å². The second kappa shape index (κ2) is 5.99. The highest BCUT2D eigenvalue weighted by molar-refractivity contribution is 7.89. The largest absolute Gasteiger partial charge is 0.374 e. The van der Waals surface area contributed by atoms with E-state index in [0.29, 0.717) is 0 Å². The summed E-state index contributed by atoms with van der Waals surface area (Å²) < 4.78 is 26.6. The standard InChI is InChI=1S/C20H20N2O3S/c1-21-11-5-6-15-12-14(9-10-17(15)21)13-18-20(23)16-7-3-4-8-19(16)26(24,25)22(18)2/h3-4,7-10,12-13H,5-6,11H2,1-2H3/b18-13+. The second-order valence-electron chi connectivity index (χ2n) is 6.74. The smallest absolute Gasteiger partial charge is 0.264 e. The van der Waals surface area contributed by atoms with Gasteiger partial charge in [0.1, 0.15) is 5.70 Å². The van der Waals surface area contributed by atoms with Gasteiger partial charge in [-0.05, 0) is 54.3 Å². The van der Waals surface area contributed by atoms with Crippen LogP contribution >= 0.6 is 0 Å². The Kier molecular flexibility index (Phi) is 3.88. The Bertz CT molecular complexity index is 1040. The molecule has 0 saturated carbocycles. The van der Waals surface area contributed by atoms with Gasteiger partial charge in [-0.1, -0.05) is 18.2 Å². The molecule has 2 aromatic carbocycles. The number of fused-ring (bicyclic) bond motifs is 2. The number of nitrogens with zero attached hydrogens (tertiary/aromatic N) is 2. The summed E-state index contributed by atoms with van der Waals surface area (Å²) in [4.78, 5) is 15.2. The molecule has 2 aromatic rings. The van der Waals surface area contributed by atoms with Crippen LogP contribution in [0.2, 0.25) is 0 Å². The van der Waals surface area contributed by atoms with Crippen LogP contribution < -0.4 is 4.90 Å². The molecule has 0 unspecified atom stereocenters. The monoisotopic (exact) mass is 368 g/mol. The predicted molar refractivity (Wildman–Crippen MR) is 102 cm³/mol. The number of aryl methyl sites for hydroxylation is 1. The summed E-state index contributed by atoms with van der Waals surface area (Å²) >= 11 is 0. The van der Waals surface area contributed by atoms with Crippen molar-refractivity contribution in [1.29, 1.82) is 0 Å². The highest BCUT2D eigenvalue weighted by Gasteiger charge is 2.36. The molecule has 26 heavy (non-hydrogen) atoms. The Morgan fingerprint density at radius 2 is 1.85 bits per heavy atom. The summed E-state index contributed by atoms with van der Waals surface area (Å²) in [7, 11) is -0.214. The van der Waals surface area contributed by atoms with Gasteiger partial charge in [-0.3, -0.25) is 9.10 Å². The van der Waals surface area contributed by atoms with Crippen molar-refractivity contribution in [1.82, 2.24) is 4.31 Å². The van der Waals surface area contributed by atoms with Gasteiger partial charge in [0.2, 0.25) is 5.78 Å². The number of allylic oxidation sites excluding steroid dienone is 1. The van der Waals surface area contributed by atoms with Crippen molar-refractivity contribution in [3.05, 3.63) is 64.9 Å². The summed E-state index contributed by atoms with van der Waals surface area (Å²) in [6, 6.07) is 12.4.